The Kier molecular flexibility index (Phi) is 3.77. The Balaban J connectivity index is 1.62. The van der Waals surface area contributed by atoms with Gasteiger partial charge in [0.1, 0.15) is 11.8 Å². The van der Waals surface area contributed by atoms with Crippen molar-refractivity contribution in [2.24, 2.45) is 5.92 Å². The molecule has 27 heavy (non-hydrogen) atoms. The smallest absolute Gasteiger partial charge is 0.253 e. The van der Waals surface area contributed by atoms with Crippen LogP contribution in [0.4, 0.5) is 5.69 Å². The lowest BCUT2D eigenvalue weighted by atomic mass is 9.89. The molecule has 2 aromatic carbocycles. The topological polar surface area (TPSA) is 53.1 Å². The molecular formula is C21H21N3O3. The number of imide groups is 1. The fourth-order valence-electron chi connectivity index (χ4n) is 4.83. The molecule has 0 radical (unpaired) electrons. The highest BCUT2D eigenvalue weighted by Gasteiger charge is 2.63. The van der Waals surface area contributed by atoms with Crippen molar-refractivity contribution in [1.29, 1.82) is 0 Å². The van der Waals surface area contributed by atoms with Crippen molar-refractivity contribution in [1.82, 2.24) is 10.0 Å². The Morgan fingerprint density at radius 3 is 2.26 bits per heavy atom. The van der Waals surface area contributed by atoms with Gasteiger partial charge in [-0.15, -0.1) is 0 Å². The van der Waals surface area contributed by atoms with Gasteiger partial charge in [-0.3, -0.25) is 9.59 Å². The third kappa shape index (κ3) is 2.27. The van der Waals surface area contributed by atoms with E-state index in [1.807, 2.05) is 54.6 Å². The number of carbonyl (C=O) groups excluding carboxylic acids is 2. The number of hydrogen-bond donors (Lipinski definition) is 0. The first-order valence-electron chi connectivity index (χ1n) is 9.31. The second-order valence-electron chi connectivity index (χ2n) is 7.18. The second kappa shape index (κ2) is 6.18. The van der Waals surface area contributed by atoms with Gasteiger partial charge in [0, 0.05) is 18.7 Å². The molecule has 3 aliphatic rings. The van der Waals surface area contributed by atoms with Crippen molar-refractivity contribution in [3.63, 3.8) is 0 Å². The quantitative estimate of drug-likeness (QED) is 0.783. The van der Waals surface area contributed by atoms with Crippen molar-refractivity contribution >= 4 is 17.5 Å². The van der Waals surface area contributed by atoms with Crippen LogP contribution in [-0.4, -0.2) is 48.1 Å². The molecule has 0 aliphatic carbocycles. The van der Waals surface area contributed by atoms with Gasteiger partial charge in [0.2, 0.25) is 5.91 Å². The summed E-state index contributed by atoms with van der Waals surface area (Å²) >= 11 is 0. The number of anilines is 1. The molecule has 3 aliphatic heterocycles. The Morgan fingerprint density at radius 2 is 1.52 bits per heavy atom. The molecule has 2 amide bonds. The van der Waals surface area contributed by atoms with Crippen molar-refractivity contribution in [3.05, 3.63) is 60.2 Å². The summed E-state index contributed by atoms with van der Waals surface area (Å²) in [5.41, 5.74) is 1.61. The minimum Gasteiger partial charge on any atom is -0.496 e. The second-order valence-corrected chi connectivity index (χ2v) is 7.18. The molecule has 0 aromatic heterocycles. The number of amides is 2. The number of methoxy groups -OCH3 is 1. The molecule has 0 saturated carbocycles. The summed E-state index contributed by atoms with van der Waals surface area (Å²) < 4.78 is 5.57. The number of fused-ring (bicyclic) bond motifs is 3. The van der Waals surface area contributed by atoms with E-state index >= 15 is 0 Å². The van der Waals surface area contributed by atoms with Crippen LogP contribution in [0.5, 0.6) is 5.75 Å². The summed E-state index contributed by atoms with van der Waals surface area (Å²) in [7, 11) is 1.64. The van der Waals surface area contributed by atoms with E-state index < -0.39 is 12.0 Å². The predicted octanol–water partition coefficient (Wildman–Crippen LogP) is 2.23. The molecular weight excluding hydrogens is 342 g/mol. The van der Waals surface area contributed by atoms with Crippen LogP contribution in [-0.2, 0) is 9.59 Å². The average Bonchev–Trinajstić information content (AvgIpc) is 3.34. The standard InChI is InChI=1S/C21H21N3O3/c1-27-16-11-6-5-10-15(16)18-17-19(23-13-7-12-22(18)23)21(26)24(20(17)25)14-8-3-2-4-9-14/h2-6,8-11,17-19H,7,12-13H2,1H3/t17-,18-,19+/m1/s1. The van der Waals surface area contributed by atoms with Gasteiger partial charge in [0.05, 0.1) is 24.8 Å². The van der Waals surface area contributed by atoms with Gasteiger partial charge < -0.3 is 4.74 Å². The Hall–Kier alpha value is -2.70. The van der Waals surface area contributed by atoms with E-state index in [1.54, 1.807) is 7.11 Å². The summed E-state index contributed by atoms with van der Waals surface area (Å²) in [5.74, 6) is 0.0877. The van der Waals surface area contributed by atoms with E-state index in [9.17, 15) is 9.59 Å². The molecule has 138 valence electrons. The van der Waals surface area contributed by atoms with Gasteiger partial charge >= 0.3 is 0 Å². The third-order valence-electron chi connectivity index (χ3n) is 5.88. The highest BCUT2D eigenvalue weighted by Crippen LogP contribution is 2.50. The first kappa shape index (κ1) is 16.5. The van der Waals surface area contributed by atoms with E-state index in [2.05, 4.69) is 10.0 Å². The van der Waals surface area contributed by atoms with E-state index in [-0.39, 0.29) is 17.9 Å². The van der Waals surface area contributed by atoms with Gasteiger partial charge in [-0.2, -0.15) is 0 Å². The molecule has 0 spiro atoms. The third-order valence-corrected chi connectivity index (χ3v) is 5.88. The van der Waals surface area contributed by atoms with Crippen LogP contribution in [0.3, 0.4) is 0 Å². The Morgan fingerprint density at radius 1 is 0.852 bits per heavy atom. The van der Waals surface area contributed by atoms with Crippen LogP contribution >= 0.6 is 0 Å². The number of rotatable bonds is 3. The van der Waals surface area contributed by atoms with Gasteiger partial charge in [0.15, 0.2) is 0 Å². The van der Waals surface area contributed by atoms with Crippen molar-refractivity contribution in [3.8, 4) is 5.75 Å². The summed E-state index contributed by atoms with van der Waals surface area (Å²) in [5, 5.41) is 4.30. The van der Waals surface area contributed by atoms with Crippen molar-refractivity contribution < 1.29 is 14.3 Å². The van der Waals surface area contributed by atoms with Gasteiger partial charge in [-0.1, -0.05) is 36.4 Å². The highest BCUT2D eigenvalue weighted by molar-refractivity contribution is 6.24. The maximum atomic E-state index is 13.4. The average molecular weight is 363 g/mol. The molecule has 3 heterocycles. The lowest BCUT2D eigenvalue weighted by Gasteiger charge is -2.30. The zero-order valence-corrected chi connectivity index (χ0v) is 15.1. The number of hydrogen-bond acceptors (Lipinski definition) is 5. The number of carbonyl (C=O) groups is 2. The molecule has 0 N–H and O–H groups in total. The van der Waals surface area contributed by atoms with E-state index in [0.29, 0.717) is 5.69 Å². The molecule has 3 fully saturated rings. The van der Waals surface area contributed by atoms with Crippen LogP contribution in [0.2, 0.25) is 0 Å². The van der Waals surface area contributed by atoms with Crippen LogP contribution in [0.15, 0.2) is 54.6 Å². The predicted molar refractivity (Wildman–Crippen MR) is 100.0 cm³/mol. The number of para-hydroxylation sites is 2. The summed E-state index contributed by atoms with van der Waals surface area (Å²) in [6.07, 6.45) is 0.988. The minimum absolute atomic E-state index is 0.124. The highest BCUT2D eigenvalue weighted by atomic mass is 16.5. The van der Waals surface area contributed by atoms with Crippen LogP contribution < -0.4 is 9.64 Å². The molecule has 3 saturated heterocycles. The molecule has 0 unspecified atom stereocenters. The van der Waals surface area contributed by atoms with Crippen LogP contribution in [0.1, 0.15) is 18.0 Å². The normalized spacial score (nSPS) is 27.9. The Bertz CT molecular complexity index is 901. The molecule has 3 atom stereocenters. The van der Waals surface area contributed by atoms with Crippen molar-refractivity contribution in [2.45, 2.75) is 18.5 Å². The zero-order chi connectivity index (χ0) is 18.5. The lowest BCUT2D eigenvalue weighted by molar-refractivity contribution is -0.126. The molecule has 6 nitrogen and oxygen atoms in total. The van der Waals surface area contributed by atoms with E-state index in [4.69, 9.17) is 4.74 Å². The van der Waals surface area contributed by atoms with Gasteiger partial charge in [0.25, 0.3) is 5.91 Å². The SMILES string of the molecule is COc1ccccc1[C@@H]1[C@H]2C(=O)N(c3ccccc3)C(=O)[C@H]2N2CCCN12. The summed E-state index contributed by atoms with van der Waals surface area (Å²) in [4.78, 5) is 28.1. The maximum Gasteiger partial charge on any atom is 0.253 e. The minimum atomic E-state index is -0.435. The maximum absolute atomic E-state index is 13.4. The summed E-state index contributed by atoms with van der Waals surface area (Å²) in [6, 6.07) is 16.4. The largest absolute Gasteiger partial charge is 0.496 e. The monoisotopic (exact) mass is 363 g/mol. The Labute approximate surface area is 157 Å². The van der Waals surface area contributed by atoms with Crippen LogP contribution in [0.25, 0.3) is 0 Å². The van der Waals surface area contributed by atoms with Gasteiger partial charge in [-0.25, -0.2) is 14.9 Å². The number of hydrazine groups is 1. The zero-order valence-electron chi connectivity index (χ0n) is 15.1. The molecule has 6 heteroatoms. The number of ether oxygens (including phenoxy) is 1. The van der Waals surface area contributed by atoms with E-state index in [1.165, 1.54) is 4.90 Å². The van der Waals surface area contributed by atoms with Gasteiger partial charge in [-0.05, 0) is 24.6 Å². The molecule has 5 rings (SSSR count). The molecule has 2 aromatic rings. The lowest BCUT2D eigenvalue weighted by Crippen LogP contribution is -2.44. The summed E-state index contributed by atoms with van der Waals surface area (Å²) in [6.45, 7) is 1.65. The fourth-order valence-corrected chi connectivity index (χ4v) is 4.83. The number of benzene rings is 2. The number of nitrogens with zero attached hydrogens (tertiary/aromatic N) is 3. The van der Waals surface area contributed by atoms with Crippen molar-refractivity contribution in [2.75, 3.05) is 25.1 Å². The first-order valence-corrected chi connectivity index (χ1v) is 9.31. The fraction of sp³-hybridized carbons (Fsp3) is 0.333. The first-order chi connectivity index (χ1) is 13.2. The molecule has 0 bridgehead atoms. The van der Waals surface area contributed by atoms with Crippen LogP contribution in [0, 0.1) is 5.92 Å². The van der Waals surface area contributed by atoms with E-state index in [0.717, 1.165) is 30.8 Å².